The summed E-state index contributed by atoms with van der Waals surface area (Å²) in [6.07, 6.45) is 3.20. The third kappa shape index (κ3) is 3.36. The minimum Gasteiger partial charge on any atom is -0.342 e. The van der Waals surface area contributed by atoms with Gasteiger partial charge in [-0.2, -0.15) is 0 Å². The lowest BCUT2D eigenvalue weighted by atomic mass is 10.0. The number of fused-ring (bicyclic) bond motifs is 1. The van der Waals surface area contributed by atoms with Crippen molar-refractivity contribution in [1.82, 2.24) is 9.88 Å². The number of nitrogens with zero attached hydrogens (tertiary/aromatic N) is 1. The van der Waals surface area contributed by atoms with Crippen LogP contribution in [0.15, 0.2) is 64.8 Å². The van der Waals surface area contributed by atoms with Gasteiger partial charge in [-0.15, -0.1) is 0 Å². The van der Waals surface area contributed by atoms with E-state index in [1.807, 2.05) is 54.7 Å². The Morgan fingerprint density at radius 1 is 1.04 bits per heavy atom. The number of ketones is 1. The average molecular weight is 423 g/mol. The number of imide groups is 1. The van der Waals surface area contributed by atoms with Gasteiger partial charge < -0.3 is 4.57 Å². The summed E-state index contributed by atoms with van der Waals surface area (Å²) in [7, 11) is 0. The van der Waals surface area contributed by atoms with Crippen molar-refractivity contribution in [3.8, 4) is 0 Å². The zero-order valence-electron chi connectivity index (χ0n) is 14.2. The Bertz CT molecular complexity index is 1110. The number of para-hydroxylation sites is 1. The van der Waals surface area contributed by atoms with Crippen LogP contribution in [-0.2, 0) is 20.9 Å². The van der Waals surface area contributed by atoms with Gasteiger partial charge in [0.05, 0.1) is 12.0 Å². The molecule has 2 heterocycles. The Kier molecular flexibility index (Phi) is 4.49. The van der Waals surface area contributed by atoms with Crippen molar-refractivity contribution < 1.29 is 14.4 Å². The molecule has 1 aromatic heterocycles. The molecule has 6 heteroatoms. The maximum atomic E-state index is 12.1. The molecular formula is C21H15BrN2O3. The number of carbonyl (C=O) groups excluding carboxylic acids is 3. The Morgan fingerprint density at radius 2 is 1.78 bits per heavy atom. The predicted molar refractivity (Wildman–Crippen MR) is 106 cm³/mol. The SMILES string of the molecule is O=C1CC(=O)/C(=C/c2cn(Cc3ccccc3Br)c3ccccc23)C(=O)N1. The molecule has 0 saturated carbocycles. The van der Waals surface area contributed by atoms with E-state index in [0.717, 1.165) is 26.5 Å². The van der Waals surface area contributed by atoms with Crippen molar-refractivity contribution in [2.45, 2.75) is 13.0 Å². The summed E-state index contributed by atoms with van der Waals surface area (Å²) in [5.41, 5.74) is 2.90. The Morgan fingerprint density at radius 3 is 2.56 bits per heavy atom. The molecule has 2 aromatic carbocycles. The second-order valence-corrected chi connectivity index (χ2v) is 7.21. The predicted octanol–water partition coefficient (Wildman–Crippen LogP) is 3.45. The number of benzene rings is 2. The minimum atomic E-state index is -0.640. The number of amides is 2. The van der Waals surface area contributed by atoms with E-state index in [1.54, 1.807) is 6.08 Å². The van der Waals surface area contributed by atoms with Gasteiger partial charge in [0.2, 0.25) is 5.91 Å². The Balaban J connectivity index is 1.80. The average Bonchev–Trinajstić information content (AvgIpc) is 2.98. The number of carbonyl (C=O) groups is 3. The highest BCUT2D eigenvalue weighted by atomic mass is 79.9. The number of hydrogen-bond donors (Lipinski definition) is 1. The van der Waals surface area contributed by atoms with Gasteiger partial charge in [-0.1, -0.05) is 52.3 Å². The first kappa shape index (κ1) is 17.4. The lowest BCUT2D eigenvalue weighted by molar-refractivity contribution is -0.134. The standard InChI is InChI=1S/C21H15BrN2O3/c22-17-7-3-1-5-13(17)11-24-12-14(15-6-2-4-8-18(15)24)9-16-19(25)10-20(26)23-21(16)27/h1-9,12H,10-11H2,(H,23,26,27)/b16-9-. The summed E-state index contributed by atoms with van der Waals surface area (Å²) in [4.78, 5) is 35.5. The number of hydrogen-bond acceptors (Lipinski definition) is 3. The molecule has 4 rings (SSSR count). The van der Waals surface area contributed by atoms with Gasteiger partial charge in [0.25, 0.3) is 5.91 Å². The molecule has 27 heavy (non-hydrogen) atoms. The number of halogens is 1. The molecule has 1 aliphatic rings. The van der Waals surface area contributed by atoms with Crippen LogP contribution < -0.4 is 5.32 Å². The molecule has 0 spiro atoms. The fourth-order valence-electron chi connectivity index (χ4n) is 3.24. The lowest BCUT2D eigenvalue weighted by Crippen LogP contribution is -2.40. The van der Waals surface area contributed by atoms with Crippen LogP contribution in [0.25, 0.3) is 17.0 Å². The fraction of sp³-hybridized carbons (Fsp3) is 0.0952. The molecule has 134 valence electrons. The van der Waals surface area contributed by atoms with Crippen LogP contribution in [0.3, 0.4) is 0 Å². The van der Waals surface area contributed by atoms with Crippen molar-refractivity contribution in [1.29, 1.82) is 0 Å². The zero-order valence-corrected chi connectivity index (χ0v) is 15.8. The summed E-state index contributed by atoms with van der Waals surface area (Å²) in [6.45, 7) is 0.643. The maximum Gasteiger partial charge on any atom is 0.261 e. The third-order valence-corrected chi connectivity index (χ3v) is 5.31. The molecule has 2 amide bonds. The number of nitrogens with one attached hydrogen (secondary N) is 1. The molecule has 1 aliphatic heterocycles. The summed E-state index contributed by atoms with van der Waals surface area (Å²) < 4.78 is 3.10. The highest BCUT2D eigenvalue weighted by Gasteiger charge is 2.28. The van der Waals surface area contributed by atoms with Gasteiger partial charge in [-0.3, -0.25) is 19.7 Å². The van der Waals surface area contributed by atoms with E-state index in [9.17, 15) is 14.4 Å². The molecule has 1 fully saturated rings. The molecule has 0 unspecified atom stereocenters. The van der Waals surface area contributed by atoms with Crippen LogP contribution >= 0.6 is 15.9 Å². The summed E-state index contributed by atoms with van der Waals surface area (Å²) in [5, 5.41) is 3.14. The monoisotopic (exact) mass is 422 g/mol. The van der Waals surface area contributed by atoms with Crippen LogP contribution in [0.2, 0.25) is 0 Å². The summed E-state index contributed by atoms with van der Waals surface area (Å²) in [6, 6.07) is 15.8. The highest BCUT2D eigenvalue weighted by molar-refractivity contribution is 9.10. The molecule has 1 saturated heterocycles. The van der Waals surface area contributed by atoms with E-state index in [0.29, 0.717) is 6.54 Å². The van der Waals surface area contributed by atoms with Crippen LogP contribution in [0.5, 0.6) is 0 Å². The smallest absolute Gasteiger partial charge is 0.261 e. The topological polar surface area (TPSA) is 68.2 Å². The number of Topliss-reactive ketones (excluding diaryl/α,β-unsaturated/α-hetero) is 1. The maximum absolute atomic E-state index is 12.1. The van der Waals surface area contributed by atoms with Crippen molar-refractivity contribution >= 4 is 50.5 Å². The van der Waals surface area contributed by atoms with Gasteiger partial charge in [0, 0.05) is 33.7 Å². The first-order valence-corrected chi connectivity index (χ1v) is 9.22. The van der Waals surface area contributed by atoms with Crippen molar-refractivity contribution in [3.63, 3.8) is 0 Å². The largest absolute Gasteiger partial charge is 0.342 e. The number of rotatable bonds is 3. The van der Waals surface area contributed by atoms with E-state index >= 15 is 0 Å². The van der Waals surface area contributed by atoms with Crippen LogP contribution in [0, 0.1) is 0 Å². The molecule has 0 atom stereocenters. The Hall–Kier alpha value is -2.99. The second kappa shape index (κ2) is 6.96. The minimum absolute atomic E-state index is 0.0124. The molecule has 1 N–H and O–H groups in total. The molecule has 5 nitrogen and oxygen atoms in total. The van der Waals surface area contributed by atoms with E-state index in [2.05, 4.69) is 25.8 Å². The molecule has 3 aromatic rings. The van der Waals surface area contributed by atoms with Gasteiger partial charge >= 0.3 is 0 Å². The quantitative estimate of drug-likeness (QED) is 0.304. The molecule has 0 aliphatic carbocycles. The van der Waals surface area contributed by atoms with E-state index < -0.39 is 17.6 Å². The highest BCUT2D eigenvalue weighted by Crippen LogP contribution is 2.27. The zero-order chi connectivity index (χ0) is 19.0. The van der Waals surface area contributed by atoms with Crippen LogP contribution in [-0.4, -0.2) is 22.2 Å². The lowest BCUT2D eigenvalue weighted by Gasteiger charge is -2.12. The summed E-state index contributed by atoms with van der Waals surface area (Å²) in [5.74, 6) is -1.65. The first-order valence-electron chi connectivity index (χ1n) is 8.43. The van der Waals surface area contributed by atoms with Crippen LogP contribution in [0.1, 0.15) is 17.5 Å². The van der Waals surface area contributed by atoms with Gasteiger partial charge in [-0.25, -0.2) is 0 Å². The van der Waals surface area contributed by atoms with Crippen molar-refractivity contribution in [2.24, 2.45) is 0 Å². The molecule has 0 bridgehead atoms. The van der Waals surface area contributed by atoms with Gasteiger partial charge in [-0.05, 0) is 23.8 Å². The first-order chi connectivity index (χ1) is 13.0. The Labute approximate surface area is 163 Å². The van der Waals surface area contributed by atoms with E-state index in [-0.39, 0.29) is 12.0 Å². The van der Waals surface area contributed by atoms with Crippen molar-refractivity contribution in [3.05, 3.63) is 75.9 Å². The van der Waals surface area contributed by atoms with Crippen LogP contribution in [0.4, 0.5) is 0 Å². The van der Waals surface area contributed by atoms with Gasteiger partial charge in [0.15, 0.2) is 5.78 Å². The van der Waals surface area contributed by atoms with E-state index in [4.69, 9.17) is 0 Å². The van der Waals surface area contributed by atoms with E-state index in [1.165, 1.54) is 0 Å². The number of piperidine rings is 1. The second-order valence-electron chi connectivity index (χ2n) is 6.36. The van der Waals surface area contributed by atoms with Crippen molar-refractivity contribution in [2.75, 3.05) is 0 Å². The number of aromatic nitrogens is 1. The summed E-state index contributed by atoms with van der Waals surface area (Å²) >= 11 is 3.57. The molecular weight excluding hydrogens is 408 g/mol. The fourth-order valence-corrected chi connectivity index (χ4v) is 3.65. The molecule has 0 radical (unpaired) electrons. The van der Waals surface area contributed by atoms with Gasteiger partial charge in [0.1, 0.15) is 0 Å². The normalized spacial score (nSPS) is 16.2. The third-order valence-electron chi connectivity index (χ3n) is 4.54.